The number of rotatable bonds is 2. The largest absolute Gasteiger partial charge is 0.374 e. The third-order valence-corrected chi connectivity index (χ3v) is 3.30. The van der Waals surface area contributed by atoms with Crippen molar-refractivity contribution < 1.29 is 9.53 Å². The lowest BCUT2D eigenvalue weighted by atomic mass is 9.81. The van der Waals surface area contributed by atoms with Gasteiger partial charge in [0, 0.05) is 12.1 Å². The minimum Gasteiger partial charge on any atom is -0.374 e. The van der Waals surface area contributed by atoms with Crippen molar-refractivity contribution in [3.05, 3.63) is 40.8 Å². The summed E-state index contributed by atoms with van der Waals surface area (Å²) in [5.41, 5.74) is 0.857. The highest BCUT2D eigenvalue weighted by molar-refractivity contribution is 6.32. The van der Waals surface area contributed by atoms with Crippen molar-refractivity contribution in [3.63, 3.8) is 0 Å². The van der Waals surface area contributed by atoms with Gasteiger partial charge in [0.05, 0.1) is 5.92 Å². The lowest BCUT2D eigenvalue weighted by Gasteiger charge is -2.26. The van der Waals surface area contributed by atoms with Gasteiger partial charge in [-0.1, -0.05) is 29.8 Å². The van der Waals surface area contributed by atoms with Crippen molar-refractivity contribution >= 4 is 17.4 Å². The van der Waals surface area contributed by atoms with Gasteiger partial charge in [-0.25, -0.2) is 0 Å². The van der Waals surface area contributed by atoms with E-state index in [0.29, 0.717) is 5.02 Å². The van der Waals surface area contributed by atoms with Gasteiger partial charge in [0.1, 0.15) is 6.10 Å². The lowest BCUT2D eigenvalue weighted by molar-refractivity contribution is -0.128. The third-order valence-electron chi connectivity index (χ3n) is 2.97. The Kier molecular flexibility index (Phi) is 3.62. The first-order chi connectivity index (χ1) is 7.74. The zero-order valence-corrected chi connectivity index (χ0v) is 9.96. The summed E-state index contributed by atoms with van der Waals surface area (Å²) in [6.07, 6.45) is 2.29. The molecule has 1 aliphatic carbocycles. The molecular formula is C13H14ClO2. The van der Waals surface area contributed by atoms with Crippen molar-refractivity contribution in [2.75, 3.05) is 7.11 Å². The van der Waals surface area contributed by atoms with Crippen LogP contribution in [-0.4, -0.2) is 19.0 Å². The van der Waals surface area contributed by atoms with E-state index in [-0.39, 0.29) is 11.9 Å². The Balaban J connectivity index is 2.27. The minimum absolute atomic E-state index is 0.0850. The maximum atomic E-state index is 12.1. The van der Waals surface area contributed by atoms with Crippen LogP contribution in [0.2, 0.25) is 5.02 Å². The molecule has 0 aliphatic heterocycles. The fourth-order valence-electron chi connectivity index (χ4n) is 2.11. The molecule has 2 rings (SSSR count). The molecule has 1 aromatic rings. The molecule has 0 saturated heterocycles. The number of carbonyl (C=O) groups is 1. The number of ether oxygens (including phenoxy) is 1. The molecule has 1 atom stereocenters. The number of carbonyl (C=O) groups excluding carboxylic acids is 1. The highest BCUT2D eigenvalue weighted by atomic mass is 35.5. The monoisotopic (exact) mass is 237 g/mol. The smallest absolute Gasteiger partial charge is 0.173 e. The van der Waals surface area contributed by atoms with E-state index in [1.165, 1.54) is 0 Å². The van der Waals surface area contributed by atoms with Crippen LogP contribution < -0.4 is 0 Å². The van der Waals surface area contributed by atoms with Crippen LogP contribution in [0.4, 0.5) is 0 Å². The van der Waals surface area contributed by atoms with Crippen LogP contribution in [-0.2, 0) is 9.53 Å². The van der Waals surface area contributed by atoms with Crippen LogP contribution in [0.25, 0.3) is 0 Å². The van der Waals surface area contributed by atoms with E-state index in [4.69, 9.17) is 16.3 Å². The van der Waals surface area contributed by atoms with Crippen molar-refractivity contribution in [2.24, 2.45) is 0 Å². The molecule has 2 nitrogen and oxygen atoms in total. The number of methoxy groups -OCH3 is 1. The quantitative estimate of drug-likeness (QED) is 0.790. The Bertz CT molecular complexity index is 389. The second-order valence-corrected chi connectivity index (χ2v) is 4.35. The Morgan fingerprint density at radius 3 is 2.81 bits per heavy atom. The standard InChI is InChI=1S/C13H14ClO2/c1-16-12-8-4-6-10(13(12)15)9-5-2-3-7-11(9)14/h2-3,5,7,12H,4,6,8H2,1H3. The van der Waals surface area contributed by atoms with Gasteiger partial charge in [-0.05, 0) is 30.9 Å². The summed E-state index contributed by atoms with van der Waals surface area (Å²) >= 11 is 6.10. The van der Waals surface area contributed by atoms with Crippen molar-refractivity contribution in [2.45, 2.75) is 25.4 Å². The van der Waals surface area contributed by atoms with E-state index in [0.717, 1.165) is 30.7 Å². The molecule has 1 aromatic carbocycles. The highest BCUT2D eigenvalue weighted by Crippen LogP contribution is 2.33. The van der Waals surface area contributed by atoms with Crippen LogP contribution >= 0.6 is 11.6 Å². The maximum absolute atomic E-state index is 12.1. The number of hydrogen-bond acceptors (Lipinski definition) is 2. The van der Waals surface area contributed by atoms with Crippen molar-refractivity contribution in [3.8, 4) is 0 Å². The molecule has 0 heterocycles. The van der Waals surface area contributed by atoms with Gasteiger partial charge in [-0.15, -0.1) is 0 Å². The van der Waals surface area contributed by atoms with Gasteiger partial charge in [-0.2, -0.15) is 0 Å². The summed E-state index contributed by atoms with van der Waals surface area (Å²) in [5, 5.41) is 0.641. The van der Waals surface area contributed by atoms with E-state index in [1.807, 2.05) is 24.3 Å². The Morgan fingerprint density at radius 1 is 1.38 bits per heavy atom. The molecule has 1 unspecified atom stereocenters. The van der Waals surface area contributed by atoms with E-state index in [2.05, 4.69) is 0 Å². The summed E-state index contributed by atoms with van der Waals surface area (Å²) in [4.78, 5) is 12.1. The summed E-state index contributed by atoms with van der Waals surface area (Å²) in [7, 11) is 1.58. The molecule has 1 aliphatic rings. The predicted molar refractivity (Wildman–Crippen MR) is 63.5 cm³/mol. The van der Waals surface area contributed by atoms with E-state index < -0.39 is 0 Å². The number of halogens is 1. The molecule has 0 aromatic heterocycles. The van der Waals surface area contributed by atoms with Gasteiger partial charge in [0.2, 0.25) is 0 Å². The fourth-order valence-corrected chi connectivity index (χ4v) is 2.36. The molecule has 0 N–H and O–H groups in total. The molecule has 1 radical (unpaired) electrons. The molecule has 16 heavy (non-hydrogen) atoms. The van der Waals surface area contributed by atoms with Crippen LogP contribution in [0.3, 0.4) is 0 Å². The molecule has 1 fully saturated rings. The Morgan fingerprint density at radius 2 is 2.12 bits per heavy atom. The number of hydrogen-bond donors (Lipinski definition) is 0. The summed E-state index contributed by atoms with van der Waals surface area (Å²) in [5.74, 6) is 0.894. The van der Waals surface area contributed by atoms with Crippen LogP contribution in [0.1, 0.15) is 24.8 Å². The van der Waals surface area contributed by atoms with Gasteiger partial charge in [-0.3, -0.25) is 4.79 Å². The normalized spacial score (nSPS) is 22.4. The van der Waals surface area contributed by atoms with Gasteiger partial charge >= 0.3 is 0 Å². The topological polar surface area (TPSA) is 26.3 Å². The third kappa shape index (κ3) is 2.13. The first kappa shape index (κ1) is 11.6. The van der Waals surface area contributed by atoms with Gasteiger partial charge < -0.3 is 4.74 Å². The van der Waals surface area contributed by atoms with Gasteiger partial charge in [0.25, 0.3) is 0 Å². The number of ketones is 1. The Labute approximate surface area is 101 Å². The summed E-state index contributed by atoms with van der Waals surface area (Å²) in [6, 6.07) is 7.48. The van der Waals surface area contributed by atoms with E-state index >= 15 is 0 Å². The molecular weight excluding hydrogens is 224 g/mol. The average Bonchev–Trinajstić information content (AvgIpc) is 2.31. The van der Waals surface area contributed by atoms with Crippen molar-refractivity contribution in [1.82, 2.24) is 0 Å². The van der Waals surface area contributed by atoms with Crippen LogP contribution in [0, 0.1) is 5.92 Å². The molecule has 3 heteroatoms. The first-order valence-corrected chi connectivity index (χ1v) is 5.79. The first-order valence-electron chi connectivity index (χ1n) is 5.41. The SMILES string of the molecule is COC1CCC[C](c2ccccc2Cl)C1=O. The highest BCUT2D eigenvalue weighted by Gasteiger charge is 2.33. The lowest BCUT2D eigenvalue weighted by Crippen LogP contribution is -2.33. The average molecular weight is 238 g/mol. The maximum Gasteiger partial charge on any atom is 0.173 e. The number of benzene rings is 1. The molecule has 0 amide bonds. The molecule has 85 valence electrons. The summed E-state index contributed by atoms with van der Waals surface area (Å²) < 4.78 is 5.18. The summed E-state index contributed by atoms with van der Waals surface area (Å²) in [6.45, 7) is 0. The number of Topliss-reactive ketones (excluding diaryl/α,β-unsaturated/α-hetero) is 1. The zero-order chi connectivity index (χ0) is 11.5. The predicted octanol–water partition coefficient (Wildman–Crippen LogP) is 3.03. The van der Waals surface area contributed by atoms with E-state index in [9.17, 15) is 4.79 Å². The van der Waals surface area contributed by atoms with Crippen LogP contribution in [0.5, 0.6) is 0 Å². The van der Waals surface area contributed by atoms with Crippen LogP contribution in [0.15, 0.2) is 24.3 Å². The molecule has 1 saturated carbocycles. The van der Waals surface area contributed by atoms with Crippen molar-refractivity contribution in [1.29, 1.82) is 0 Å². The van der Waals surface area contributed by atoms with E-state index in [1.54, 1.807) is 7.11 Å². The second kappa shape index (κ2) is 4.98. The molecule has 0 bridgehead atoms. The second-order valence-electron chi connectivity index (χ2n) is 3.94. The zero-order valence-electron chi connectivity index (χ0n) is 9.20. The Hall–Kier alpha value is -0.860. The van der Waals surface area contributed by atoms with Gasteiger partial charge in [0.15, 0.2) is 5.78 Å². The minimum atomic E-state index is -0.292. The molecule has 0 spiro atoms. The fraction of sp³-hybridized carbons (Fsp3) is 0.385.